The van der Waals surface area contributed by atoms with Gasteiger partial charge in [0.25, 0.3) is 0 Å². The number of amides is 2. The maximum atomic E-state index is 12.5. The van der Waals surface area contributed by atoms with Gasteiger partial charge in [0.2, 0.25) is 11.8 Å². The van der Waals surface area contributed by atoms with Gasteiger partial charge >= 0.3 is 11.9 Å². The molecule has 9 heteroatoms. The molecule has 0 spiro atoms. The molecule has 1 aromatic carbocycles. The second-order valence-electron chi connectivity index (χ2n) is 6.75. The number of carboxylic acid groups (broad SMARTS) is 2. The molecular weight excluding hydrogens is 384 g/mol. The van der Waals surface area contributed by atoms with Crippen LogP contribution in [0, 0.1) is 0 Å². The van der Waals surface area contributed by atoms with Crippen LogP contribution in [0.1, 0.15) is 22.8 Å². The molecule has 3 rings (SSSR count). The van der Waals surface area contributed by atoms with Gasteiger partial charge in [0.15, 0.2) is 0 Å². The number of hydrogen-bond donors (Lipinski definition) is 3. The summed E-state index contributed by atoms with van der Waals surface area (Å²) < 4.78 is -0.900. The summed E-state index contributed by atoms with van der Waals surface area (Å²) in [6, 6.07) is 4.09. The lowest BCUT2D eigenvalue weighted by Gasteiger charge is -2.43. The Morgan fingerprint density at radius 3 is 2.71 bits per heavy atom. The molecule has 146 valence electrons. The zero-order valence-corrected chi connectivity index (χ0v) is 15.7. The van der Waals surface area contributed by atoms with Crippen LogP contribution in [0.5, 0.6) is 0 Å². The SMILES string of the molecule is C=C=C[C@@]1(C)S[C@H]2[C@H](NC(=O)Cc3cccc(C(=O)O)c3)C(=O)N2C1C(=O)O. The Bertz CT molecular complexity index is 925. The Morgan fingerprint density at radius 2 is 2.11 bits per heavy atom. The average molecular weight is 402 g/mol. The van der Waals surface area contributed by atoms with Crippen LogP contribution >= 0.6 is 11.8 Å². The maximum Gasteiger partial charge on any atom is 0.335 e. The van der Waals surface area contributed by atoms with E-state index in [2.05, 4.69) is 17.6 Å². The average Bonchev–Trinajstić information content (AvgIpc) is 2.90. The molecule has 0 aliphatic carbocycles. The number of nitrogens with one attached hydrogen (secondary N) is 1. The Hall–Kier alpha value is -3.03. The van der Waals surface area contributed by atoms with E-state index in [1.165, 1.54) is 34.9 Å². The van der Waals surface area contributed by atoms with E-state index < -0.39 is 46.0 Å². The second kappa shape index (κ2) is 7.18. The van der Waals surface area contributed by atoms with E-state index in [1.807, 2.05) is 0 Å². The van der Waals surface area contributed by atoms with Gasteiger partial charge in [0, 0.05) is 0 Å². The van der Waals surface area contributed by atoms with Crippen molar-refractivity contribution in [2.24, 2.45) is 0 Å². The Labute approximate surface area is 164 Å². The summed E-state index contributed by atoms with van der Waals surface area (Å²) in [5, 5.41) is 20.7. The van der Waals surface area contributed by atoms with Crippen molar-refractivity contribution in [3.8, 4) is 0 Å². The van der Waals surface area contributed by atoms with Gasteiger partial charge < -0.3 is 20.4 Å². The van der Waals surface area contributed by atoms with E-state index in [0.717, 1.165) is 0 Å². The first-order chi connectivity index (χ1) is 13.2. The smallest absolute Gasteiger partial charge is 0.335 e. The summed E-state index contributed by atoms with van der Waals surface area (Å²) in [5.41, 5.74) is 3.16. The molecule has 8 nitrogen and oxygen atoms in total. The van der Waals surface area contributed by atoms with Crippen molar-refractivity contribution in [1.82, 2.24) is 10.2 Å². The van der Waals surface area contributed by atoms with Gasteiger partial charge in [-0.2, -0.15) is 0 Å². The number of carbonyl (C=O) groups is 4. The quantitative estimate of drug-likeness (QED) is 0.477. The fourth-order valence-corrected chi connectivity index (χ4v) is 5.20. The third kappa shape index (κ3) is 3.30. The van der Waals surface area contributed by atoms with Gasteiger partial charge in [0.05, 0.1) is 16.7 Å². The second-order valence-corrected chi connectivity index (χ2v) is 8.35. The standard InChI is InChI=1S/C19H18N2O6S/c1-3-7-19(2)14(18(26)27)21-15(23)13(16(21)28-19)20-12(22)9-10-5-4-6-11(8-10)17(24)25/h4-8,13-14,16H,1,9H2,2H3,(H,20,22)(H,24,25)(H,26,27)/t13-,14?,16+,19-/m1/s1. The number of β-lactam (4-membered cyclic amide) rings is 1. The van der Waals surface area contributed by atoms with Gasteiger partial charge in [-0.1, -0.05) is 18.7 Å². The molecule has 0 bridgehead atoms. The molecule has 1 aromatic rings. The highest BCUT2D eigenvalue weighted by Gasteiger charge is 2.65. The van der Waals surface area contributed by atoms with E-state index in [9.17, 15) is 24.3 Å². The van der Waals surface area contributed by atoms with Crippen molar-refractivity contribution in [3.05, 3.63) is 53.8 Å². The third-order valence-electron chi connectivity index (χ3n) is 4.75. The van der Waals surface area contributed by atoms with Crippen LogP contribution < -0.4 is 5.32 Å². The molecule has 28 heavy (non-hydrogen) atoms. The van der Waals surface area contributed by atoms with Crippen LogP contribution in [0.3, 0.4) is 0 Å². The van der Waals surface area contributed by atoms with Crippen molar-refractivity contribution in [2.45, 2.75) is 35.5 Å². The molecule has 0 saturated carbocycles. The molecule has 2 heterocycles. The number of thioether (sulfide) groups is 1. The summed E-state index contributed by atoms with van der Waals surface area (Å²) >= 11 is 1.26. The number of rotatable bonds is 6. The van der Waals surface area contributed by atoms with Gasteiger partial charge in [-0.15, -0.1) is 17.5 Å². The Morgan fingerprint density at radius 1 is 1.39 bits per heavy atom. The predicted molar refractivity (Wildman–Crippen MR) is 101 cm³/mol. The highest BCUT2D eigenvalue weighted by Crippen LogP contribution is 2.51. The number of hydrogen-bond acceptors (Lipinski definition) is 5. The molecule has 0 aromatic heterocycles. The molecule has 2 fully saturated rings. The highest BCUT2D eigenvalue weighted by atomic mass is 32.2. The van der Waals surface area contributed by atoms with Crippen molar-refractivity contribution in [1.29, 1.82) is 0 Å². The third-order valence-corrected chi connectivity index (χ3v) is 6.34. The van der Waals surface area contributed by atoms with Crippen molar-refractivity contribution in [2.75, 3.05) is 0 Å². The van der Waals surface area contributed by atoms with Crippen LogP contribution in [0.25, 0.3) is 0 Å². The zero-order chi connectivity index (χ0) is 20.6. The molecule has 2 aliphatic rings. The topological polar surface area (TPSA) is 124 Å². The molecule has 2 aliphatic heterocycles. The largest absolute Gasteiger partial charge is 0.480 e. The number of aromatic carboxylic acids is 1. The van der Waals surface area contributed by atoms with Gasteiger partial charge in [0.1, 0.15) is 17.5 Å². The lowest BCUT2D eigenvalue weighted by molar-refractivity contribution is -0.160. The van der Waals surface area contributed by atoms with Crippen LogP contribution in [-0.2, 0) is 20.8 Å². The highest BCUT2D eigenvalue weighted by molar-refractivity contribution is 8.02. The molecule has 2 saturated heterocycles. The first kappa shape index (κ1) is 19.7. The van der Waals surface area contributed by atoms with Gasteiger partial charge in [-0.3, -0.25) is 9.59 Å². The van der Waals surface area contributed by atoms with Crippen LogP contribution in [0.4, 0.5) is 0 Å². The molecule has 0 radical (unpaired) electrons. The van der Waals surface area contributed by atoms with Gasteiger partial charge in [-0.25, -0.2) is 9.59 Å². The first-order valence-electron chi connectivity index (χ1n) is 8.39. The summed E-state index contributed by atoms with van der Waals surface area (Å²) in [6.45, 7) is 5.18. The number of benzene rings is 1. The minimum atomic E-state index is -1.13. The van der Waals surface area contributed by atoms with E-state index in [1.54, 1.807) is 19.1 Å². The summed E-state index contributed by atoms with van der Waals surface area (Å²) in [6.07, 6.45) is 1.44. The molecular formula is C19H18N2O6S. The molecule has 3 N–H and O–H groups in total. The normalized spacial score (nSPS) is 28.0. The maximum absolute atomic E-state index is 12.5. The van der Waals surface area contributed by atoms with E-state index in [-0.39, 0.29) is 12.0 Å². The number of carboxylic acids is 2. The van der Waals surface area contributed by atoms with Crippen molar-refractivity contribution < 1.29 is 29.4 Å². The fraction of sp³-hybridized carbons (Fsp3) is 0.316. The number of aliphatic carboxylic acids is 1. The Balaban J connectivity index is 1.71. The Kier molecular flexibility index (Phi) is 5.06. The minimum absolute atomic E-state index is 0.0684. The lowest BCUT2D eigenvalue weighted by Crippen LogP contribution is -2.70. The lowest BCUT2D eigenvalue weighted by atomic mass is 9.94. The number of carbonyl (C=O) groups excluding carboxylic acids is 2. The zero-order valence-electron chi connectivity index (χ0n) is 14.9. The van der Waals surface area contributed by atoms with Crippen molar-refractivity contribution >= 4 is 35.5 Å². The summed E-state index contributed by atoms with van der Waals surface area (Å²) in [5.74, 6) is -3.13. The fourth-order valence-electron chi connectivity index (χ4n) is 3.52. The number of fused-ring (bicyclic) bond motifs is 1. The van der Waals surface area contributed by atoms with E-state index in [0.29, 0.717) is 5.56 Å². The molecule has 4 atom stereocenters. The molecule has 1 unspecified atom stereocenters. The van der Waals surface area contributed by atoms with Gasteiger partial charge in [-0.05, 0) is 30.7 Å². The predicted octanol–water partition coefficient (Wildman–Crippen LogP) is 0.880. The van der Waals surface area contributed by atoms with Crippen LogP contribution in [0.2, 0.25) is 0 Å². The van der Waals surface area contributed by atoms with E-state index >= 15 is 0 Å². The first-order valence-corrected chi connectivity index (χ1v) is 9.27. The van der Waals surface area contributed by atoms with Crippen LogP contribution in [-0.4, -0.2) is 61.1 Å². The molecule has 2 amide bonds. The van der Waals surface area contributed by atoms with Crippen LogP contribution in [0.15, 0.2) is 42.7 Å². The van der Waals surface area contributed by atoms with E-state index in [4.69, 9.17) is 5.11 Å². The minimum Gasteiger partial charge on any atom is -0.480 e. The number of nitrogens with zero attached hydrogens (tertiary/aromatic N) is 1. The monoisotopic (exact) mass is 402 g/mol. The van der Waals surface area contributed by atoms with Crippen molar-refractivity contribution in [3.63, 3.8) is 0 Å². The summed E-state index contributed by atoms with van der Waals surface area (Å²) in [7, 11) is 0. The summed E-state index contributed by atoms with van der Waals surface area (Å²) in [4.78, 5) is 48.8.